The van der Waals surface area contributed by atoms with Gasteiger partial charge < -0.3 is 15.5 Å². The number of hydrogen-bond donors (Lipinski definition) is 2. The van der Waals surface area contributed by atoms with Crippen LogP contribution in [0.3, 0.4) is 0 Å². The summed E-state index contributed by atoms with van der Waals surface area (Å²) in [5.41, 5.74) is 5.44. The van der Waals surface area contributed by atoms with Crippen LogP contribution >= 0.6 is 0 Å². The molecule has 0 radical (unpaired) electrons. The molecule has 0 unspecified atom stereocenters. The second-order valence-electron chi connectivity index (χ2n) is 3.79. The Morgan fingerprint density at radius 3 is 2.61 bits per heavy atom. The van der Waals surface area contributed by atoms with Crippen molar-refractivity contribution in [3.8, 4) is 0 Å². The zero-order valence-corrected chi connectivity index (χ0v) is 9.29. The number of furan rings is 1. The van der Waals surface area contributed by atoms with Crippen molar-refractivity contribution < 1.29 is 17.6 Å². The van der Waals surface area contributed by atoms with Crippen LogP contribution in [0.1, 0.15) is 11.1 Å². The molecule has 2 rings (SSSR count). The van der Waals surface area contributed by atoms with Crippen LogP contribution in [0.15, 0.2) is 41.2 Å². The molecule has 0 aliphatic rings. The number of benzene rings is 1. The normalized spacial score (nSPS) is 11.5. The van der Waals surface area contributed by atoms with Gasteiger partial charge in [-0.15, -0.1) is 0 Å². The van der Waals surface area contributed by atoms with E-state index in [1.54, 1.807) is 6.07 Å². The molecular formula is C12H11F3N2O. The molecule has 1 heterocycles. The Balaban J connectivity index is 2.22. The Kier molecular flexibility index (Phi) is 3.18. The Hall–Kier alpha value is -2.11. The third kappa shape index (κ3) is 2.77. The maximum absolute atomic E-state index is 12.8. The highest BCUT2D eigenvalue weighted by Gasteiger charge is 2.33. The van der Waals surface area contributed by atoms with Gasteiger partial charge >= 0.3 is 6.18 Å². The third-order valence-electron chi connectivity index (χ3n) is 2.41. The van der Waals surface area contributed by atoms with Crippen LogP contribution in [0.25, 0.3) is 0 Å². The first kappa shape index (κ1) is 12.3. The number of anilines is 2. The molecule has 0 fully saturated rings. The molecule has 3 nitrogen and oxygen atoms in total. The molecule has 2 aromatic rings. The SMILES string of the molecule is Nc1ccc(NCc2ccoc2)c(C(F)(F)F)c1. The van der Waals surface area contributed by atoms with E-state index in [0.717, 1.165) is 11.6 Å². The lowest BCUT2D eigenvalue weighted by Crippen LogP contribution is -2.11. The van der Waals surface area contributed by atoms with Crippen LogP contribution in [0.2, 0.25) is 0 Å². The van der Waals surface area contributed by atoms with Crippen LogP contribution in [0.5, 0.6) is 0 Å². The minimum absolute atomic E-state index is 0.00194. The number of halogens is 3. The molecule has 0 spiro atoms. The van der Waals surface area contributed by atoms with Crippen LogP contribution < -0.4 is 11.1 Å². The molecule has 0 aliphatic carbocycles. The second kappa shape index (κ2) is 4.64. The molecule has 96 valence electrons. The van der Waals surface area contributed by atoms with E-state index in [-0.39, 0.29) is 17.9 Å². The van der Waals surface area contributed by atoms with Crippen LogP contribution in [0, 0.1) is 0 Å². The van der Waals surface area contributed by atoms with Crippen LogP contribution in [-0.2, 0) is 12.7 Å². The molecule has 0 aliphatic heterocycles. The van der Waals surface area contributed by atoms with E-state index in [0.29, 0.717) is 0 Å². The molecule has 0 atom stereocenters. The van der Waals surface area contributed by atoms with Crippen molar-refractivity contribution in [1.82, 2.24) is 0 Å². The monoisotopic (exact) mass is 256 g/mol. The van der Waals surface area contributed by atoms with Crippen molar-refractivity contribution in [1.29, 1.82) is 0 Å². The average Bonchev–Trinajstić information content (AvgIpc) is 2.79. The number of nitrogens with two attached hydrogens (primary N) is 1. The van der Waals surface area contributed by atoms with Gasteiger partial charge in [0.15, 0.2) is 0 Å². The smallest absolute Gasteiger partial charge is 0.418 e. The fraction of sp³-hybridized carbons (Fsp3) is 0.167. The van der Waals surface area contributed by atoms with Gasteiger partial charge in [0.05, 0.1) is 18.1 Å². The molecule has 0 saturated carbocycles. The summed E-state index contributed by atoms with van der Waals surface area (Å²) >= 11 is 0. The standard InChI is InChI=1S/C12H11F3N2O/c13-12(14,15)10-5-9(16)1-2-11(10)17-6-8-3-4-18-7-8/h1-5,7,17H,6,16H2. The molecule has 0 amide bonds. The fourth-order valence-electron chi connectivity index (χ4n) is 1.54. The van der Waals surface area contributed by atoms with E-state index < -0.39 is 11.7 Å². The summed E-state index contributed by atoms with van der Waals surface area (Å²) in [4.78, 5) is 0. The topological polar surface area (TPSA) is 51.2 Å². The van der Waals surface area contributed by atoms with E-state index in [2.05, 4.69) is 5.32 Å². The van der Waals surface area contributed by atoms with E-state index in [1.807, 2.05) is 0 Å². The lowest BCUT2D eigenvalue weighted by Gasteiger charge is -2.14. The van der Waals surface area contributed by atoms with E-state index in [1.165, 1.54) is 24.7 Å². The highest BCUT2D eigenvalue weighted by Crippen LogP contribution is 2.36. The van der Waals surface area contributed by atoms with Crippen molar-refractivity contribution in [2.75, 3.05) is 11.1 Å². The highest BCUT2D eigenvalue weighted by molar-refractivity contribution is 5.59. The minimum atomic E-state index is -4.44. The molecule has 0 bridgehead atoms. The Morgan fingerprint density at radius 2 is 2.00 bits per heavy atom. The number of nitrogen functional groups attached to an aromatic ring is 1. The predicted molar refractivity (Wildman–Crippen MR) is 61.9 cm³/mol. The largest absolute Gasteiger partial charge is 0.472 e. The zero-order valence-electron chi connectivity index (χ0n) is 9.29. The van der Waals surface area contributed by atoms with Gasteiger partial charge in [0, 0.05) is 23.5 Å². The number of alkyl halides is 3. The Labute approximate surface area is 101 Å². The van der Waals surface area contributed by atoms with Gasteiger partial charge in [-0.3, -0.25) is 0 Å². The van der Waals surface area contributed by atoms with Gasteiger partial charge in [-0.05, 0) is 24.3 Å². The van der Waals surface area contributed by atoms with Crippen molar-refractivity contribution in [3.05, 3.63) is 47.9 Å². The molecular weight excluding hydrogens is 245 g/mol. The summed E-state index contributed by atoms with van der Waals surface area (Å²) < 4.78 is 43.2. The Bertz CT molecular complexity index is 521. The maximum atomic E-state index is 12.8. The third-order valence-corrected chi connectivity index (χ3v) is 2.41. The predicted octanol–water partition coefficient (Wildman–Crippen LogP) is 3.49. The summed E-state index contributed by atoms with van der Waals surface area (Å²) in [5.74, 6) is 0. The highest BCUT2D eigenvalue weighted by atomic mass is 19.4. The fourth-order valence-corrected chi connectivity index (χ4v) is 1.54. The molecule has 1 aromatic carbocycles. The summed E-state index contributed by atoms with van der Waals surface area (Å²) in [6.07, 6.45) is -1.50. The van der Waals surface area contributed by atoms with Crippen molar-refractivity contribution in [3.63, 3.8) is 0 Å². The van der Waals surface area contributed by atoms with Crippen molar-refractivity contribution in [2.24, 2.45) is 0 Å². The van der Waals surface area contributed by atoms with E-state index in [9.17, 15) is 13.2 Å². The van der Waals surface area contributed by atoms with Crippen LogP contribution in [-0.4, -0.2) is 0 Å². The van der Waals surface area contributed by atoms with Gasteiger partial charge in [0.2, 0.25) is 0 Å². The first-order chi connectivity index (χ1) is 8.47. The first-order valence-electron chi connectivity index (χ1n) is 5.18. The van der Waals surface area contributed by atoms with E-state index >= 15 is 0 Å². The summed E-state index contributed by atoms with van der Waals surface area (Å²) in [5, 5.41) is 2.71. The zero-order chi connectivity index (χ0) is 13.2. The van der Waals surface area contributed by atoms with Gasteiger partial charge in [-0.25, -0.2) is 0 Å². The quantitative estimate of drug-likeness (QED) is 0.826. The summed E-state index contributed by atoms with van der Waals surface area (Å²) in [6.45, 7) is 0.253. The lowest BCUT2D eigenvalue weighted by molar-refractivity contribution is -0.136. The molecule has 0 saturated heterocycles. The van der Waals surface area contributed by atoms with Gasteiger partial charge in [-0.2, -0.15) is 13.2 Å². The minimum Gasteiger partial charge on any atom is -0.472 e. The van der Waals surface area contributed by atoms with Gasteiger partial charge in [0.1, 0.15) is 0 Å². The number of hydrogen-bond acceptors (Lipinski definition) is 3. The van der Waals surface area contributed by atoms with Gasteiger partial charge in [0.25, 0.3) is 0 Å². The Morgan fingerprint density at radius 1 is 1.22 bits per heavy atom. The molecule has 18 heavy (non-hydrogen) atoms. The molecule has 1 aromatic heterocycles. The van der Waals surface area contributed by atoms with Crippen molar-refractivity contribution in [2.45, 2.75) is 12.7 Å². The number of rotatable bonds is 3. The summed E-state index contributed by atoms with van der Waals surface area (Å²) in [6, 6.07) is 5.33. The molecule has 3 N–H and O–H groups in total. The lowest BCUT2D eigenvalue weighted by atomic mass is 10.1. The molecule has 6 heteroatoms. The number of nitrogens with one attached hydrogen (secondary N) is 1. The van der Waals surface area contributed by atoms with Crippen LogP contribution in [0.4, 0.5) is 24.5 Å². The summed E-state index contributed by atoms with van der Waals surface area (Å²) in [7, 11) is 0. The van der Waals surface area contributed by atoms with E-state index in [4.69, 9.17) is 10.2 Å². The van der Waals surface area contributed by atoms with Gasteiger partial charge in [-0.1, -0.05) is 0 Å². The maximum Gasteiger partial charge on any atom is 0.418 e. The first-order valence-corrected chi connectivity index (χ1v) is 5.18. The van der Waals surface area contributed by atoms with Crippen molar-refractivity contribution >= 4 is 11.4 Å². The average molecular weight is 256 g/mol. The second-order valence-corrected chi connectivity index (χ2v) is 3.79.